The molecular formula is C21H22IN3O6. The number of methoxy groups -OCH3 is 1. The average molecular weight is 539 g/mol. The zero-order valence-electron chi connectivity index (χ0n) is 17.1. The van der Waals surface area contributed by atoms with E-state index in [-0.39, 0.29) is 13.3 Å². The first-order chi connectivity index (χ1) is 15.0. The fourth-order valence-corrected chi connectivity index (χ4v) is 3.46. The molecule has 2 aromatic carbocycles. The van der Waals surface area contributed by atoms with E-state index in [0.29, 0.717) is 35.2 Å². The number of fused-ring (bicyclic) bond motifs is 1. The van der Waals surface area contributed by atoms with Crippen LogP contribution in [0.4, 0.5) is 0 Å². The number of halogens is 1. The summed E-state index contributed by atoms with van der Waals surface area (Å²) >= 11 is 2.16. The Balaban J connectivity index is 1.52. The van der Waals surface area contributed by atoms with E-state index in [4.69, 9.17) is 18.9 Å². The van der Waals surface area contributed by atoms with Gasteiger partial charge in [-0.05, 0) is 64.9 Å². The van der Waals surface area contributed by atoms with E-state index in [1.807, 2.05) is 13.0 Å². The summed E-state index contributed by atoms with van der Waals surface area (Å²) in [4.78, 5) is 24.2. The molecule has 0 saturated carbocycles. The maximum Gasteiger partial charge on any atom is 0.259 e. The summed E-state index contributed by atoms with van der Waals surface area (Å²) in [5.74, 6) is 1.48. The predicted molar refractivity (Wildman–Crippen MR) is 122 cm³/mol. The molecule has 10 heteroatoms. The first kappa shape index (κ1) is 22.7. The highest BCUT2D eigenvalue weighted by atomic mass is 127. The standard InChI is InChI=1S/C21H22IN3O6/c1-3-6-29-20-15(22)7-13(8-18(20)28-2)10-24-25-19(26)11-23-21(27)14-4-5-16-17(9-14)31-12-30-16/h4-5,7-10H,3,6,11-12H2,1-2H3,(H,23,27)(H,25,26). The van der Waals surface area contributed by atoms with Crippen LogP contribution in [0.15, 0.2) is 35.4 Å². The van der Waals surface area contributed by atoms with Gasteiger partial charge >= 0.3 is 0 Å². The van der Waals surface area contributed by atoms with Gasteiger partial charge in [-0.1, -0.05) is 6.92 Å². The third-order valence-corrected chi connectivity index (χ3v) is 4.95. The van der Waals surface area contributed by atoms with E-state index in [2.05, 4.69) is 38.4 Å². The molecule has 0 fully saturated rings. The van der Waals surface area contributed by atoms with E-state index in [9.17, 15) is 9.59 Å². The van der Waals surface area contributed by atoms with Gasteiger partial charge in [-0.3, -0.25) is 9.59 Å². The quantitative estimate of drug-likeness (QED) is 0.289. The fourth-order valence-electron chi connectivity index (χ4n) is 2.68. The first-order valence-corrected chi connectivity index (χ1v) is 10.6. The lowest BCUT2D eigenvalue weighted by Crippen LogP contribution is -2.34. The molecule has 0 atom stereocenters. The topological polar surface area (TPSA) is 107 Å². The molecule has 0 aromatic heterocycles. The number of hydrazone groups is 1. The van der Waals surface area contributed by atoms with Crippen LogP contribution in [0.25, 0.3) is 0 Å². The Bertz CT molecular complexity index is 995. The van der Waals surface area contributed by atoms with E-state index in [0.717, 1.165) is 15.6 Å². The van der Waals surface area contributed by atoms with Gasteiger partial charge in [0.2, 0.25) is 6.79 Å². The Hall–Kier alpha value is -3.02. The number of nitrogens with one attached hydrogen (secondary N) is 2. The molecule has 0 saturated heterocycles. The normalized spacial score (nSPS) is 12.0. The summed E-state index contributed by atoms with van der Waals surface area (Å²) in [6.45, 7) is 2.52. The van der Waals surface area contributed by atoms with Gasteiger partial charge < -0.3 is 24.3 Å². The number of ether oxygens (including phenoxy) is 4. The predicted octanol–water partition coefficient (Wildman–Crippen LogP) is 2.70. The van der Waals surface area contributed by atoms with Crippen LogP contribution in [0, 0.1) is 3.57 Å². The van der Waals surface area contributed by atoms with Gasteiger partial charge in [0.1, 0.15) is 0 Å². The lowest BCUT2D eigenvalue weighted by Gasteiger charge is -2.12. The highest BCUT2D eigenvalue weighted by Gasteiger charge is 2.16. The molecule has 0 spiro atoms. The number of nitrogens with zero attached hydrogens (tertiary/aromatic N) is 1. The van der Waals surface area contributed by atoms with Crippen LogP contribution in [-0.4, -0.2) is 45.1 Å². The Labute approximate surface area is 193 Å². The fraction of sp³-hybridized carbons (Fsp3) is 0.286. The van der Waals surface area contributed by atoms with Crippen molar-refractivity contribution in [1.29, 1.82) is 0 Å². The highest BCUT2D eigenvalue weighted by molar-refractivity contribution is 14.1. The second-order valence-corrected chi connectivity index (χ2v) is 7.59. The van der Waals surface area contributed by atoms with Crippen molar-refractivity contribution in [3.63, 3.8) is 0 Å². The molecule has 31 heavy (non-hydrogen) atoms. The molecule has 0 aliphatic carbocycles. The number of benzene rings is 2. The summed E-state index contributed by atoms with van der Waals surface area (Å²) in [6.07, 6.45) is 2.38. The van der Waals surface area contributed by atoms with Crippen LogP contribution in [0.5, 0.6) is 23.0 Å². The monoisotopic (exact) mass is 539 g/mol. The molecule has 2 amide bonds. The second-order valence-electron chi connectivity index (χ2n) is 6.43. The maximum atomic E-state index is 12.2. The molecule has 164 valence electrons. The lowest BCUT2D eigenvalue weighted by atomic mass is 10.2. The van der Waals surface area contributed by atoms with E-state index >= 15 is 0 Å². The van der Waals surface area contributed by atoms with Gasteiger partial charge in [0, 0.05) is 5.56 Å². The van der Waals surface area contributed by atoms with Crippen LogP contribution in [0.2, 0.25) is 0 Å². The van der Waals surface area contributed by atoms with Crippen molar-refractivity contribution in [1.82, 2.24) is 10.7 Å². The van der Waals surface area contributed by atoms with Crippen LogP contribution >= 0.6 is 22.6 Å². The van der Waals surface area contributed by atoms with Crippen LogP contribution < -0.4 is 29.7 Å². The third-order valence-electron chi connectivity index (χ3n) is 4.15. The number of rotatable bonds is 9. The van der Waals surface area contributed by atoms with Crippen molar-refractivity contribution in [3.8, 4) is 23.0 Å². The Morgan fingerprint density at radius 2 is 2.03 bits per heavy atom. The Kier molecular flexibility index (Phi) is 7.93. The SMILES string of the molecule is CCCOc1c(I)cc(C=NNC(=O)CNC(=O)c2ccc3c(c2)OCO3)cc1OC. The molecule has 9 nitrogen and oxygen atoms in total. The molecule has 0 unspecified atom stereocenters. The average Bonchev–Trinajstić information content (AvgIpc) is 3.24. The molecule has 2 N–H and O–H groups in total. The van der Waals surface area contributed by atoms with E-state index < -0.39 is 11.8 Å². The number of carbonyl (C=O) groups is 2. The maximum absolute atomic E-state index is 12.2. The smallest absolute Gasteiger partial charge is 0.259 e. The van der Waals surface area contributed by atoms with Crippen LogP contribution in [-0.2, 0) is 4.79 Å². The minimum Gasteiger partial charge on any atom is -0.493 e. The number of hydrogen-bond donors (Lipinski definition) is 2. The molecular weight excluding hydrogens is 517 g/mol. The van der Waals surface area contributed by atoms with E-state index in [1.165, 1.54) is 6.21 Å². The molecule has 2 aromatic rings. The first-order valence-electron chi connectivity index (χ1n) is 9.52. The van der Waals surface area contributed by atoms with Gasteiger partial charge in [-0.15, -0.1) is 0 Å². The summed E-state index contributed by atoms with van der Waals surface area (Å²) in [5.41, 5.74) is 3.48. The number of hydrogen-bond acceptors (Lipinski definition) is 7. The number of amides is 2. The van der Waals surface area contributed by atoms with E-state index in [1.54, 1.807) is 31.4 Å². The zero-order chi connectivity index (χ0) is 22.2. The molecule has 0 radical (unpaired) electrons. The molecule has 1 heterocycles. The Morgan fingerprint density at radius 1 is 1.23 bits per heavy atom. The lowest BCUT2D eigenvalue weighted by molar-refractivity contribution is -0.120. The molecule has 1 aliphatic heterocycles. The van der Waals surface area contributed by atoms with Gasteiger partial charge in [0.25, 0.3) is 11.8 Å². The summed E-state index contributed by atoms with van der Waals surface area (Å²) < 4.78 is 22.4. The van der Waals surface area contributed by atoms with Crippen molar-refractivity contribution >= 4 is 40.6 Å². The second kappa shape index (κ2) is 10.8. The van der Waals surface area contributed by atoms with Crippen LogP contribution in [0.3, 0.4) is 0 Å². The van der Waals surface area contributed by atoms with Gasteiger partial charge in [-0.25, -0.2) is 5.43 Å². The summed E-state index contributed by atoms with van der Waals surface area (Å²) in [7, 11) is 1.57. The van der Waals surface area contributed by atoms with Crippen molar-refractivity contribution in [2.75, 3.05) is 27.1 Å². The summed E-state index contributed by atoms with van der Waals surface area (Å²) in [5, 5.41) is 6.47. The minimum absolute atomic E-state index is 0.125. The third kappa shape index (κ3) is 6.00. The Morgan fingerprint density at radius 3 is 2.81 bits per heavy atom. The van der Waals surface area contributed by atoms with Crippen molar-refractivity contribution < 1.29 is 28.5 Å². The zero-order valence-corrected chi connectivity index (χ0v) is 19.2. The van der Waals surface area contributed by atoms with Gasteiger partial charge in [-0.2, -0.15) is 5.10 Å². The highest BCUT2D eigenvalue weighted by Crippen LogP contribution is 2.34. The van der Waals surface area contributed by atoms with Crippen molar-refractivity contribution in [2.45, 2.75) is 13.3 Å². The van der Waals surface area contributed by atoms with Crippen LogP contribution in [0.1, 0.15) is 29.3 Å². The molecule has 1 aliphatic rings. The molecule has 0 bridgehead atoms. The van der Waals surface area contributed by atoms with Gasteiger partial charge in [0.05, 0.1) is 30.0 Å². The van der Waals surface area contributed by atoms with Crippen molar-refractivity contribution in [3.05, 3.63) is 45.0 Å². The molecule has 3 rings (SSSR count). The minimum atomic E-state index is -0.463. The number of carbonyl (C=O) groups excluding carboxylic acids is 2. The summed E-state index contributed by atoms with van der Waals surface area (Å²) in [6, 6.07) is 8.45. The van der Waals surface area contributed by atoms with Crippen molar-refractivity contribution in [2.24, 2.45) is 5.10 Å². The largest absolute Gasteiger partial charge is 0.493 e. The van der Waals surface area contributed by atoms with Gasteiger partial charge in [0.15, 0.2) is 23.0 Å².